The number of hydrogen-bond donors (Lipinski definition) is 2. The Hall–Kier alpha value is -0.570. The van der Waals surface area contributed by atoms with Crippen LogP contribution < -0.4 is 10.6 Å². The van der Waals surface area contributed by atoms with Crippen LogP contribution >= 0.6 is 0 Å². The molecule has 90 valence electrons. The van der Waals surface area contributed by atoms with Crippen LogP contribution in [-0.4, -0.2) is 25.0 Å². The first-order chi connectivity index (χ1) is 6.66. The van der Waals surface area contributed by atoms with Crippen LogP contribution in [0.5, 0.6) is 0 Å². The van der Waals surface area contributed by atoms with Crippen molar-refractivity contribution in [3.05, 3.63) is 0 Å². The maximum absolute atomic E-state index is 11.0. The molecule has 0 radical (unpaired) electrons. The van der Waals surface area contributed by atoms with E-state index in [1.807, 2.05) is 0 Å². The Morgan fingerprint density at radius 2 is 1.67 bits per heavy atom. The average Bonchev–Trinajstić information content (AvgIpc) is 1.98. The summed E-state index contributed by atoms with van der Waals surface area (Å²) < 4.78 is 0. The third kappa shape index (κ3) is 8.43. The van der Waals surface area contributed by atoms with Crippen LogP contribution in [0.3, 0.4) is 0 Å². The zero-order valence-electron chi connectivity index (χ0n) is 11.0. The summed E-state index contributed by atoms with van der Waals surface area (Å²) in [6, 6.07) is 0. The van der Waals surface area contributed by atoms with Gasteiger partial charge < -0.3 is 10.6 Å². The Morgan fingerprint density at radius 1 is 1.13 bits per heavy atom. The van der Waals surface area contributed by atoms with Gasteiger partial charge in [0.1, 0.15) is 0 Å². The van der Waals surface area contributed by atoms with Gasteiger partial charge in [0.25, 0.3) is 0 Å². The van der Waals surface area contributed by atoms with Crippen LogP contribution in [0.4, 0.5) is 0 Å². The van der Waals surface area contributed by atoms with Crippen LogP contribution in [0.15, 0.2) is 0 Å². The molecule has 0 aliphatic rings. The summed E-state index contributed by atoms with van der Waals surface area (Å²) in [5.74, 6) is 0.0917. The highest BCUT2D eigenvalue weighted by Gasteiger charge is 2.24. The second kappa shape index (κ2) is 5.50. The van der Waals surface area contributed by atoms with Crippen LogP contribution in [0.2, 0.25) is 0 Å². The average molecular weight is 214 g/mol. The first-order valence-electron chi connectivity index (χ1n) is 5.62. The van der Waals surface area contributed by atoms with Gasteiger partial charge in [-0.3, -0.25) is 4.79 Å². The molecule has 0 heterocycles. The Balaban J connectivity index is 3.89. The maximum atomic E-state index is 11.0. The molecule has 0 aliphatic carbocycles. The summed E-state index contributed by atoms with van der Waals surface area (Å²) >= 11 is 0. The highest BCUT2D eigenvalue weighted by Crippen LogP contribution is 2.26. The second-order valence-corrected chi connectivity index (χ2v) is 5.97. The van der Waals surface area contributed by atoms with Crippen molar-refractivity contribution in [3.8, 4) is 0 Å². The van der Waals surface area contributed by atoms with Gasteiger partial charge in [0.2, 0.25) is 5.91 Å². The van der Waals surface area contributed by atoms with Gasteiger partial charge in [-0.2, -0.15) is 0 Å². The molecule has 0 saturated carbocycles. The van der Waals surface area contributed by atoms with Crippen molar-refractivity contribution in [2.45, 2.75) is 53.0 Å². The second-order valence-electron chi connectivity index (χ2n) is 5.97. The largest absolute Gasteiger partial charge is 0.359 e. The minimum Gasteiger partial charge on any atom is -0.359 e. The van der Waals surface area contributed by atoms with E-state index in [4.69, 9.17) is 0 Å². The summed E-state index contributed by atoms with van der Waals surface area (Å²) in [5, 5.41) is 6.04. The van der Waals surface area contributed by atoms with Gasteiger partial charge >= 0.3 is 0 Å². The monoisotopic (exact) mass is 214 g/mol. The Kier molecular flexibility index (Phi) is 5.29. The van der Waals surface area contributed by atoms with Gasteiger partial charge in [0, 0.05) is 25.6 Å². The molecular formula is C12H26N2O. The predicted octanol–water partition coefficient (Wildman–Crippen LogP) is 1.93. The van der Waals surface area contributed by atoms with E-state index < -0.39 is 0 Å². The molecule has 0 spiro atoms. The fraction of sp³-hybridized carbons (Fsp3) is 0.917. The Bertz CT molecular complexity index is 204. The lowest BCUT2D eigenvalue weighted by molar-refractivity contribution is -0.120. The molecule has 0 aromatic rings. The first kappa shape index (κ1) is 14.4. The highest BCUT2D eigenvalue weighted by molar-refractivity contribution is 5.75. The van der Waals surface area contributed by atoms with Gasteiger partial charge in [-0.05, 0) is 25.7 Å². The normalized spacial score (nSPS) is 12.7. The zero-order chi connectivity index (χ0) is 12.1. The third-order valence-corrected chi connectivity index (χ3v) is 2.21. The van der Waals surface area contributed by atoms with Crippen molar-refractivity contribution in [2.75, 3.05) is 13.6 Å². The van der Waals surface area contributed by atoms with Gasteiger partial charge in [0.15, 0.2) is 0 Å². The molecule has 0 unspecified atom stereocenters. The molecule has 0 rings (SSSR count). The molecule has 15 heavy (non-hydrogen) atoms. The van der Waals surface area contributed by atoms with Crippen molar-refractivity contribution in [1.82, 2.24) is 10.6 Å². The lowest BCUT2D eigenvalue weighted by Crippen LogP contribution is -2.43. The van der Waals surface area contributed by atoms with E-state index in [0.717, 1.165) is 13.0 Å². The quantitative estimate of drug-likeness (QED) is 0.734. The minimum absolute atomic E-state index is 0.0896. The first-order valence-corrected chi connectivity index (χ1v) is 5.62. The lowest BCUT2D eigenvalue weighted by atomic mass is 9.82. The molecule has 3 nitrogen and oxygen atoms in total. The Labute approximate surface area is 94.0 Å². The molecule has 0 aromatic heterocycles. The summed E-state index contributed by atoms with van der Waals surface area (Å²) in [4.78, 5) is 11.0. The summed E-state index contributed by atoms with van der Waals surface area (Å²) in [5.41, 5.74) is 0.399. The topological polar surface area (TPSA) is 41.1 Å². The predicted molar refractivity (Wildman–Crippen MR) is 64.8 cm³/mol. The van der Waals surface area contributed by atoms with Gasteiger partial charge in [-0.1, -0.05) is 20.8 Å². The molecule has 0 aromatic carbocycles. The molecule has 0 atom stereocenters. The Morgan fingerprint density at radius 3 is 2.07 bits per heavy atom. The number of nitrogens with one attached hydrogen (secondary N) is 2. The maximum Gasteiger partial charge on any atom is 0.221 e. The fourth-order valence-corrected chi connectivity index (χ4v) is 2.03. The molecular weight excluding hydrogens is 188 g/mol. The van der Waals surface area contributed by atoms with Crippen molar-refractivity contribution in [3.63, 3.8) is 0 Å². The van der Waals surface area contributed by atoms with E-state index in [9.17, 15) is 4.79 Å². The standard InChI is InChI=1S/C12H26N2O/c1-11(2,3)9-12(4,5)14-8-7-10(15)13-6/h14H,7-9H2,1-6H3,(H,13,15). The lowest BCUT2D eigenvalue weighted by Gasteiger charge is -2.33. The molecule has 3 heteroatoms. The van der Waals surface area contributed by atoms with E-state index in [-0.39, 0.29) is 11.4 Å². The number of carbonyl (C=O) groups is 1. The number of rotatable bonds is 5. The fourth-order valence-electron chi connectivity index (χ4n) is 2.03. The van der Waals surface area contributed by atoms with E-state index >= 15 is 0 Å². The number of carbonyl (C=O) groups excluding carboxylic acids is 1. The number of hydrogen-bond acceptors (Lipinski definition) is 2. The smallest absolute Gasteiger partial charge is 0.221 e. The molecule has 0 saturated heterocycles. The molecule has 1 amide bonds. The van der Waals surface area contributed by atoms with E-state index in [1.54, 1.807) is 7.05 Å². The molecule has 0 bridgehead atoms. The number of amides is 1. The molecule has 2 N–H and O–H groups in total. The van der Waals surface area contributed by atoms with E-state index in [1.165, 1.54) is 0 Å². The van der Waals surface area contributed by atoms with Crippen molar-refractivity contribution < 1.29 is 4.79 Å². The van der Waals surface area contributed by atoms with Crippen molar-refractivity contribution >= 4 is 5.91 Å². The van der Waals surface area contributed by atoms with Gasteiger partial charge in [-0.25, -0.2) is 0 Å². The molecule has 0 fully saturated rings. The summed E-state index contributed by atoms with van der Waals surface area (Å²) in [6.45, 7) is 11.8. The van der Waals surface area contributed by atoms with Crippen molar-refractivity contribution in [2.24, 2.45) is 5.41 Å². The van der Waals surface area contributed by atoms with Gasteiger partial charge in [-0.15, -0.1) is 0 Å². The van der Waals surface area contributed by atoms with Crippen LogP contribution in [0.1, 0.15) is 47.5 Å². The minimum atomic E-state index is 0.0896. The SMILES string of the molecule is CNC(=O)CCNC(C)(C)CC(C)(C)C. The summed E-state index contributed by atoms with van der Waals surface area (Å²) in [6.07, 6.45) is 1.64. The van der Waals surface area contributed by atoms with E-state index in [0.29, 0.717) is 11.8 Å². The van der Waals surface area contributed by atoms with Crippen LogP contribution in [0.25, 0.3) is 0 Å². The van der Waals surface area contributed by atoms with Crippen molar-refractivity contribution in [1.29, 1.82) is 0 Å². The van der Waals surface area contributed by atoms with Crippen LogP contribution in [0, 0.1) is 5.41 Å². The van der Waals surface area contributed by atoms with Crippen LogP contribution in [-0.2, 0) is 4.79 Å². The van der Waals surface area contributed by atoms with E-state index in [2.05, 4.69) is 45.3 Å². The van der Waals surface area contributed by atoms with Gasteiger partial charge in [0.05, 0.1) is 0 Å². The third-order valence-electron chi connectivity index (χ3n) is 2.21. The zero-order valence-corrected chi connectivity index (χ0v) is 11.0. The molecule has 0 aliphatic heterocycles. The summed E-state index contributed by atoms with van der Waals surface area (Å²) in [7, 11) is 1.67. The highest BCUT2D eigenvalue weighted by atomic mass is 16.1.